The summed E-state index contributed by atoms with van der Waals surface area (Å²) in [5.74, 6) is -0.561. The van der Waals surface area contributed by atoms with E-state index in [0.717, 1.165) is 0 Å². The smallest absolute Gasteiger partial charge is 0.277 e. The molecule has 0 unspecified atom stereocenters. The summed E-state index contributed by atoms with van der Waals surface area (Å²) in [4.78, 5) is 0.0884. The quantitative estimate of drug-likeness (QED) is 0.712. The lowest BCUT2D eigenvalue weighted by Gasteiger charge is -2.20. The molecule has 0 aliphatic rings. The van der Waals surface area contributed by atoms with E-state index in [0.29, 0.717) is 5.56 Å². The molecule has 0 radical (unpaired) electrons. The van der Waals surface area contributed by atoms with Crippen LogP contribution in [-0.2, 0) is 16.8 Å². The predicted molar refractivity (Wildman–Crippen MR) is 80.9 cm³/mol. The fourth-order valence-corrected chi connectivity index (χ4v) is 2.81. The zero-order valence-corrected chi connectivity index (χ0v) is 13.2. The van der Waals surface area contributed by atoms with E-state index < -0.39 is 21.6 Å². The summed E-state index contributed by atoms with van der Waals surface area (Å²) in [6.07, 6.45) is 0. The van der Waals surface area contributed by atoms with Crippen LogP contribution >= 0.6 is 12.2 Å². The van der Waals surface area contributed by atoms with E-state index in [1.165, 1.54) is 12.1 Å². The van der Waals surface area contributed by atoms with Crippen LogP contribution < -0.4 is 15.2 Å². The maximum atomic E-state index is 13.8. The Morgan fingerprint density at radius 1 is 1.40 bits per heavy atom. The second kappa shape index (κ2) is 6.13. The number of nitrogens with one attached hydrogen (secondary N) is 2. The Labute approximate surface area is 123 Å². The molecule has 1 aromatic carbocycles. The van der Waals surface area contributed by atoms with Crippen LogP contribution in [0.15, 0.2) is 18.2 Å². The standard InChI is InChI=1S/C12H18FN3O2S2/c1-12(2,3)16-20(17,18)15-7-9-5-4-8(11(14)19)6-10(9)13/h4-6,15-16H,7H2,1-3H3,(H2,14,19). The molecule has 0 aliphatic heterocycles. The minimum absolute atomic E-state index is 0.0884. The molecule has 20 heavy (non-hydrogen) atoms. The van der Waals surface area contributed by atoms with Crippen LogP contribution in [0, 0.1) is 5.82 Å². The third-order valence-corrected chi connectivity index (χ3v) is 3.87. The average molecular weight is 319 g/mol. The van der Waals surface area contributed by atoms with Gasteiger partial charge in [-0.2, -0.15) is 17.9 Å². The lowest BCUT2D eigenvalue weighted by atomic mass is 10.1. The van der Waals surface area contributed by atoms with Crippen molar-refractivity contribution < 1.29 is 12.8 Å². The SMILES string of the molecule is CC(C)(C)NS(=O)(=O)NCc1ccc(C(N)=S)cc1F. The third kappa shape index (κ3) is 5.49. The number of halogens is 1. The van der Waals surface area contributed by atoms with Gasteiger partial charge in [0.25, 0.3) is 10.2 Å². The molecular formula is C12H18FN3O2S2. The summed E-state index contributed by atoms with van der Waals surface area (Å²) >= 11 is 4.74. The van der Waals surface area contributed by atoms with Gasteiger partial charge in [0.05, 0.1) is 0 Å². The Morgan fingerprint density at radius 3 is 2.45 bits per heavy atom. The monoisotopic (exact) mass is 319 g/mol. The lowest BCUT2D eigenvalue weighted by Crippen LogP contribution is -2.46. The number of thiocarbonyl (C=S) groups is 1. The molecule has 0 aliphatic carbocycles. The molecule has 0 bridgehead atoms. The molecule has 1 aromatic rings. The van der Waals surface area contributed by atoms with Crippen molar-refractivity contribution in [2.75, 3.05) is 0 Å². The van der Waals surface area contributed by atoms with Gasteiger partial charge in [0, 0.05) is 23.2 Å². The first-order valence-corrected chi connectivity index (χ1v) is 7.76. The van der Waals surface area contributed by atoms with Gasteiger partial charge in [-0.1, -0.05) is 24.4 Å². The van der Waals surface area contributed by atoms with E-state index in [2.05, 4.69) is 9.44 Å². The van der Waals surface area contributed by atoms with Gasteiger partial charge in [-0.05, 0) is 26.8 Å². The Hall–Kier alpha value is -1.09. The summed E-state index contributed by atoms with van der Waals surface area (Å²) in [5, 5.41) is 0. The molecule has 0 spiro atoms. The van der Waals surface area contributed by atoms with Gasteiger partial charge < -0.3 is 5.73 Å². The number of hydrogen-bond acceptors (Lipinski definition) is 3. The molecule has 4 N–H and O–H groups in total. The molecule has 0 atom stereocenters. The fourth-order valence-electron chi connectivity index (χ4n) is 1.46. The van der Waals surface area contributed by atoms with Gasteiger partial charge in [-0.15, -0.1) is 0 Å². The van der Waals surface area contributed by atoms with Crippen molar-refractivity contribution in [3.63, 3.8) is 0 Å². The van der Waals surface area contributed by atoms with Crippen molar-refractivity contribution in [1.82, 2.24) is 9.44 Å². The second-order valence-corrected chi connectivity index (χ2v) is 7.29. The zero-order chi connectivity index (χ0) is 15.6. The average Bonchev–Trinajstić information content (AvgIpc) is 2.23. The normalized spacial score (nSPS) is 12.4. The number of rotatable bonds is 5. The van der Waals surface area contributed by atoms with Crippen molar-refractivity contribution in [1.29, 1.82) is 0 Å². The topological polar surface area (TPSA) is 84.2 Å². The molecule has 0 fully saturated rings. The van der Waals surface area contributed by atoms with E-state index >= 15 is 0 Å². The van der Waals surface area contributed by atoms with Gasteiger partial charge >= 0.3 is 0 Å². The maximum absolute atomic E-state index is 13.8. The maximum Gasteiger partial charge on any atom is 0.277 e. The van der Waals surface area contributed by atoms with Gasteiger partial charge in [0.15, 0.2) is 0 Å². The highest BCUT2D eigenvalue weighted by Crippen LogP contribution is 2.11. The van der Waals surface area contributed by atoms with Crippen LogP contribution in [0.25, 0.3) is 0 Å². The molecule has 0 heterocycles. The molecule has 0 amide bonds. The summed E-state index contributed by atoms with van der Waals surface area (Å²) in [6.45, 7) is 4.98. The minimum atomic E-state index is -3.70. The van der Waals surface area contributed by atoms with E-state index in [1.54, 1.807) is 26.8 Å². The van der Waals surface area contributed by atoms with E-state index in [9.17, 15) is 12.8 Å². The third-order valence-electron chi connectivity index (χ3n) is 2.23. The summed E-state index contributed by atoms with van der Waals surface area (Å²) in [6, 6.07) is 4.18. The lowest BCUT2D eigenvalue weighted by molar-refractivity contribution is 0.483. The largest absolute Gasteiger partial charge is 0.389 e. The van der Waals surface area contributed by atoms with Crippen molar-refractivity contribution >= 4 is 27.4 Å². The minimum Gasteiger partial charge on any atom is -0.389 e. The fraction of sp³-hybridized carbons (Fsp3) is 0.417. The van der Waals surface area contributed by atoms with Gasteiger partial charge in [-0.3, -0.25) is 0 Å². The number of benzene rings is 1. The highest BCUT2D eigenvalue weighted by atomic mass is 32.2. The molecule has 5 nitrogen and oxygen atoms in total. The first-order chi connectivity index (χ1) is 9.00. The van der Waals surface area contributed by atoms with Gasteiger partial charge in [0.1, 0.15) is 10.8 Å². The summed E-state index contributed by atoms with van der Waals surface area (Å²) in [7, 11) is -3.70. The Morgan fingerprint density at radius 2 is 2.00 bits per heavy atom. The van der Waals surface area contributed by atoms with E-state index in [4.69, 9.17) is 18.0 Å². The first kappa shape index (κ1) is 17.0. The second-order valence-electron chi connectivity index (χ2n) is 5.35. The van der Waals surface area contributed by atoms with Crippen LogP contribution in [-0.4, -0.2) is 18.9 Å². The molecule has 0 saturated carbocycles. The van der Waals surface area contributed by atoms with Crippen LogP contribution in [0.3, 0.4) is 0 Å². The van der Waals surface area contributed by atoms with Crippen LogP contribution in [0.4, 0.5) is 4.39 Å². The number of hydrogen-bond donors (Lipinski definition) is 3. The van der Waals surface area contributed by atoms with Crippen molar-refractivity contribution in [2.45, 2.75) is 32.9 Å². The Kier molecular flexibility index (Phi) is 5.20. The molecule has 0 aromatic heterocycles. The molecule has 0 saturated heterocycles. The van der Waals surface area contributed by atoms with Crippen LogP contribution in [0.1, 0.15) is 31.9 Å². The molecule has 1 rings (SSSR count). The van der Waals surface area contributed by atoms with E-state index in [-0.39, 0.29) is 17.1 Å². The van der Waals surface area contributed by atoms with Crippen LogP contribution in [0.2, 0.25) is 0 Å². The number of nitrogens with two attached hydrogens (primary N) is 1. The van der Waals surface area contributed by atoms with Gasteiger partial charge in [-0.25, -0.2) is 4.39 Å². The molecule has 8 heteroatoms. The van der Waals surface area contributed by atoms with Crippen LogP contribution in [0.5, 0.6) is 0 Å². The zero-order valence-electron chi connectivity index (χ0n) is 11.5. The van der Waals surface area contributed by atoms with E-state index in [1.807, 2.05) is 0 Å². The molecular weight excluding hydrogens is 301 g/mol. The van der Waals surface area contributed by atoms with Crippen molar-refractivity contribution in [3.05, 3.63) is 35.1 Å². The highest BCUT2D eigenvalue weighted by molar-refractivity contribution is 7.87. The molecule has 112 valence electrons. The Bertz CT molecular complexity index is 610. The first-order valence-electron chi connectivity index (χ1n) is 5.87. The highest BCUT2D eigenvalue weighted by Gasteiger charge is 2.19. The Balaban J connectivity index is 2.78. The predicted octanol–water partition coefficient (Wildman–Crippen LogP) is 1.18. The summed E-state index contributed by atoms with van der Waals surface area (Å²) in [5.41, 5.74) is 5.39. The van der Waals surface area contributed by atoms with Crippen molar-refractivity contribution in [2.24, 2.45) is 5.73 Å². The van der Waals surface area contributed by atoms with Crippen molar-refractivity contribution in [3.8, 4) is 0 Å². The summed E-state index contributed by atoms with van der Waals surface area (Å²) < 4.78 is 41.9. The van der Waals surface area contributed by atoms with Gasteiger partial charge in [0.2, 0.25) is 0 Å².